The largest absolute Gasteiger partial charge is 0.232 e. The lowest BCUT2D eigenvalue weighted by atomic mass is 10.2. The van der Waals surface area contributed by atoms with Gasteiger partial charge < -0.3 is 0 Å². The Kier molecular flexibility index (Phi) is 3.21. The molecule has 0 saturated carbocycles. The van der Waals surface area contributed by atoms with Gasteiger partial charge in [0.1, 0.15) is 11.0 Å². The van der Waals surface area contributed by atoms with Crippen LogP contribution in [0, 0.1) is 12.7 Å². The van der Waals surface area contributed by atoms with Gasteiger partial charge in [-0.05, 0) is 35.0 Å². The fourth-order valence-electron chi connectivity index (χ4n) is 1.28. The smallest absolute Gasteiger partial charge is 0.161 e. The van der Waals surface area contributed by atoms with Gasteiger partial charge in [0.05, 0.1) is 10.2 Å². The SMILES string of the molecule is Cc1nc(-c2cccc(F)c2)nc(Cl)c1Br. The molecule has 2 aromatic rings. The van der Waals surface area contributed by atoms with Crippen LogP contribution in [0.3, 0.4) is 0 Å². The molecule has 0 spiro atoms. The standard InChI is InChI=1S/C11H7BrClFN2/c1-6-9(12)10(13)16-11(15-6)7-3-2-4-8(14)5-7/h2-5H,1H3. The molecule has 0 fully saturated rings. The molecule has 82 valence electrons. The minimum absolute atomic E-state index is 0.321. The molecule has 0 radical (unpaired) electrons. The first-order chi connectivity index (χ1) is 7.58. The zero-order chi connectivity index (χ0) is 11.7. The molecule has 0 saturated heterocycles. The maximum absolute atomic E-state index is 13.0. The van der Waals surface area contributed by atoms with Crippen molar-refractivity contribution in [1.82, 2.24) is 9.97 Å². The van der Waals surface area contributed by atoms with Gasteiger partial charge >= 0.3 is 0 Å². The van der Waals surface area contributed by atoms with E-state index in [9.17, 15) is 4.39 Å². The summed E-state index contributed by atoms with van der Waals surface area (Å²) in [6.07, 6.45) is 0. The van der Waals surface area contributed by atoms with Gasteiger partial charge in [-0.25, -0.2) is 14.4 Å². The summed E-state index contributed by atoms with van der Waals surface area (Å²) < 4.78 is 13.7. The molecule has 0 bridgehead atoms. The van der Waals surface area contributed by atoms with Gasteiger partial charge in [0, 0.05) is 5.56 Å². The molecular weight excluding hydrogens is 294 g/mol. The molecule has 1 aromatic carbocycles. The second kappa shape index (κ2) is 4.47. The lowest BCUT2D eigenvalue weighted by Crippen LogP contribution is -1.94. The van der Waals surface area contributed by atoms with E-state index in [1.54, 1.807) is 19.1 Å². The van der Waals surface area contributed by atoms with Crippen molar-refractivity contribution in [2.45, 2.75) is 6.92 Å². The molecule has 16 heavy (non-hydrogen) atoms. The van der Waals surface area contributed by atoms with Crippen molar-refractivity contribution in [2.24, 2.45) is 0 Å². The van der Waals surface area contributed by atoms with Crippen molar-refractivity contribution in [3.05, 3.63) is 45.4 Å². The summed E-state index contributed by atoms with van der Waals surface area (Å²) in [4.78, 5) is 8.32. The van der Waals surface area contributed by atoms with E-state index in [2.05, 4.69) is 25.9 Å². The normalized spacial score (nSPS) is 10.5. The highest BCUT2D eigenvalue weighted by Gasteiger charge is 2.09. The summed E-state index contributed by atoms with van der Waals surface area (Å²) >= 11 is 9.19. The Labute approximate surface area is 106 Å². The monoisotopic (exact) mass is 300 g/mol. The lowest BCUT2D eigenvalue weighted by Gasteiger charge is -2.04. The summed E-state index contributed by atoms with van der Waals surface area (Å²) in [6.45, 7) is 1.81. The van der Waals surface area contributed by atoms with Crippen LogP contribution in [-0.2, 0) is 0 Å². The van der Waals surface area contributed by atoms with Crippen LogP contribution >= 0.6 is 27.5 Å². The first-order valence-electron chi connectivity index (χ1n) is 4.53. The fourth-order valence-corrected chi connectivity index (χ4v) is 1.68. The van der Waals surface area contributed by atoms with Crippen LogP contribution in [0.25, 0.3) is 11.4 Å². The third-order valence-corrected chi connectivity index (χ3v) is 3.51. The number of benzene rings is 1. The van der Waals surface area contributed by atoms with Crippen LogP contribution in [0.15, 0.2) is 28.7 Å². The Morgan fingerprint density at radius 2 is 2.06 bits per heavy atom. The maximum Gasteiger partial charge on any atom is 0.161 e. The van der Waals surface area contributed by atoms with Crippen LogP contribution in [0.1, 0.15) is 5.69 Å². The van der Waals surface area contributed by atoms with Gasteiger partial charge in [-0.2, -0.15) is 0 Å². The minimum atomic E-state index is -0.321. The molecule has 0 aliphatic carbocycles. The van der Waals surface area contributed by atoms with Crippen LogP contribution in [0.4, 0.5) is 4.39 Å². The lowest BCUT2D eigenvalue weighted by molar-refractivity contribution is 0.628. The molecule has 2 nitrogen and oxygen atoms in total. The number of halogens is 3. The second-order valence-corrected chi connectivity index (χ2v) is 4.40. The van der Waals surface area contributed by atoms with Gasteiger partial charge in [-0.15, -0.1) is 0 Å². The van der Waals surface area contributed by atoms with E-state index in [1.807, 2.05) is 0 Å². The first kappa shape index (κ1) is 11.5. The van der Waals surface area contributed by atoms with Gasteiger partial charge in [-0.3, -0.25) is 0 Å². The highest BCUT2D eigenvalue weighted by molar-refractivity contribution is 9.10. The van der Waals surface area contributed by atoms with Crippen molar-refractivity contribution in [1.29, 1.82) is 0 Å². The molecule has 0 amide bonds. The number of aryl methyl sites for hydroxylation is 1. The number of nitrogens with zero attached hydrogens (tertiary/aromatic N) is 2. The zero-order valence-corrected chi connectivity index (χ0v) is 10.7. The summed E-state index contributed by atoms with van der Waals surface area (Å²) in [5, 5.41) is 0.326. The van der Waals surface area contributed by atoms with Gasteiger partial charge in [-0.1, -0.05) is 23.7 Å². The molecular formula is C11H7BrClFN2. The van der Waals surface area contributed by atoms with Crippen LogP contribution < -0.4 is 0 Å². The third-order valence-electron chi connectivity index (χ3n) is 2.06. The average Bonchev–Trinajstić information content (AvgIpc) is 2.25. The minimum Gasteiger partial charge on any atom is -0.232 e. The number of hydrogen-bond acceptors (Lipinski definition) is 2. The fraction of sp³-hybridized carbons (Fsp3) is 0.0909. The predicted octanol–water partition coefficient (Wildman–Crippen LogP) is 4.01. The van der Waals surface area contributed by atoms with Gasteiger partial charge in [0.25, 0.3) is 0 Å². The van der Waals surface area contributed by atoms with Crippen molar-refractivity contribution in [2.75, 3.05) is 0 Å². The average molecular weight is 302 g/mol. The summed E-state index contributed by atoms with van der Waals surface area (Å²) in [5.41, 5.74) is 1.33. The second-order valence-electron chi connectivity index (χ2n) is 3.25. The van der Waals surface area contributed by atoms with Crippen LogP contribution in [0.2, 0.25) is 5.15 Å². The quantitative estimate of drug-likeness (QED) is 0.744. The van der Waals surface area contributed by atoms with Crippen LogP contribution in [-0.4, -0.2) is 9.97 Å². The van der Waals surface area contributed by atoms with E-state index in [1.165, 1.54) is 12.1 Å². The Morgan fingerprint density at radius 3 is 2.69 bits per heavy atom. The van der Waals surface area contributed by atoms with E-state index >= 15 is 0 Å². The molecule has 0 unspecified atom stereocenters. The first-order valence-corrected chi connectivity index (χ1v) is 5.70. The zero-order valence-electron chi connectivity index (χ0n) is 8.34. The Hall–Kier alpha value is -1.00. The molecule has 5 heteroatoms. The summed E-state index contributed by atoms with van der Waals surface area (Å²) in [6, 6.07) is 6.09. The van der Waals surface area contributed by atoms with E-state index in [4.69, 9.17) is 11.6 Å². The van der Waals surface area contributed by atoms with E-state index in [-0.39, 0.29) is 5.82 Å². The topological polar surface area (TPSA) is 25.8 Å². The van der Waals surface area contributed by atoms with Crippen LogP contribution in [0.5, 0.6) is 0 Å². The van der Waals surface area contributed by atoms with Crippen molar-refractivity contribution in [3.8, 4) is 11.4 Å². The Balaban J connectivity index is 2.57. The van der Waals surface area contributed by atoms with Gasteiger partial charge in [0.2, 0.25) is 0 Å². The van der Waals surface area contributed by atoms with Gasteiger partial charge in [0.15, 0.2) is 5.82 Å². The molecule has 0 aliphatic rings. The number of hydrogen-bond donors (Lipinski definition) is 0. The Bertz CT molecular complexity index is 522. The number of aromatic nitrogens is 2. The Morgan fingerprint density at radius 1 is 1.31 bits per heavy atom. The van der Waals surface area contributed by atoms with E-state index < -0.39 is 0 Å². The molecule has 0 aliphatic heterocycles. The molecule has 0 N–H and O–H groups in total. The molecule has 0 atom stereocenters. The maximum atomic E-state index is 13.0. The molecule has 2 rings (SSSR count). The summed E-state index contributed by atoms with van der Waals surface area (Å²) in [7, 11) is 0. The number of rotatable bonds is 1. The predicted molar refractivity (Wildman–Crippen MR) is 64.9 cm³/mol. The highest BCUT2D eigenvalue weighted by atomic mass is 79.9. The third kappa shape index (κ3) is 2.23. The summed E-state index contributed by atoms with van der Waals surface area (Å²) in [5.74, 6) is 0.1000. The van der Waals surface area contributed by atoms with E-state index in [0.29, 0.717) is 21.0 Å². The highest BCUT2D eigenvalue weighted by Crippen LogP contribution is 2.26. The molecule has 1 heterocycles. The van der Waals surface area contributed by atoms with Crippen molar-refractivity contribution >= 4 is 27.5 Å². The van der Waals surface area contributed by atoms with Crippen molar-refractivity contribution in [3.63, 3.8) is 0 Å². The molecule has 1 aromatic heterocycles. The van der Waals surface area contributed by atoms with Crippen molar-refractivity contribution < 1.29 is 4.39 Å². The van der Waals surface area contributed by atoms with E-state index in [0.717, 1.165) is 5.69 Å².